The maximum Gasteiger partial charge on any atom is 0.0873 e. The molecule has 0 amide bonds. The van der Waals surface area contributed by atoms with Crippen molar-refractivity contribution in [2.45, 2.75) is 4.90 Å². The van der Waals surface area contributed by atoms with Crippen molar-refractivity contribution < 1.29 is 0 Å². The highest BCUT2D eigenvalue weighted by Gasteiger charge is 2.07. The van der Waals surface area contributed by atoms with Crippen molar-refractivity contribution in [1.82, 2.24) is 0 Å². The Hall–Kier alpha value is -1.71. The Morgan fingerprint density at radius 3 is 1.77 bits per heavy atom. The summed E-state index contributed by atoms with van der Waals surface area (Å²) in [4.78, 5) is 0.765. The molecule has 0 atom stereocenters. The summed E-state index contributed by atoms with van der Waals surface area (Å²) in [5.74, 6) is 0. The molecule has 0 N–H and O–H groups in total. The van der Waals surface area contributed by atoms with Crippen LogP contribution in [0.25, 0.3) is 21.5 Å². The van der Waals surface area contributed by atoms with E-state index in [1.165, 1.54) is 11.9 Å². The molecule has 4 rings (SSSR count). The molecule has 0 saturated carbocycles. The molecule has 26 heavy (non-hydrogen) atoms. The van der Waals surface area contributed by atoms with E-state index in [1.807, 2.05) is 24.3 Å². The van der Waals surface area contributed by atoms with E-state index < -0.39 is 0 Å². The molecule has 0 bridgehead atoms. The molecule has 0 aliphatic heterocycles. The molecule has 4 aromatic rings. The lowest BCUT2D eigenvalue weighted by atomic mass is 10.1. The highest BCUT2D eigenvalue weighted by molar-refractivity contribution is 7.98. The van der Waals surface area contributed by atoms with Crippen molar-refractivity contribution in [2.75, 3.05) is 0 Å². The van der Waals surface area contributed by atoms with Crippen LogP contribution in [0.15, 0.2) is 82.1 Å². The normalized spacial score (nSPS) is 11.0. The molecule has 0 unspecified atom stereocenters. The Balaban J connectivity index is 2.00. The van der Waals surface area contributed by atoms with E-state index in [2.05, 4.69) is 36.4 Å². The lowest BCUT2D eigenvalue weighted by Crippen LogP contribution is -2.00. The number of fused-ring (bicyclic) bond motifs is 2. The second-order valence-electron chi connectivity index (χ2n) is 5.74. The van der Waals surface area contributed by atoms with Crippen molar-refractivity contribution in [3.63, 3.8) is 0 Å². The third-order valence-corrected chi connectivity index (χ3v) is 6.04. The highest BCUT2D eigenvalue weighted by Crippen LogP contribution is 2.35. The first kappa shape index (κ1) is 17.7. The van der Waals surface area contributed by atoms with Crippen molar-refractivity contribution in [3.8, 4) is 0 Å². The standard InChI is InChI=1S/C21H12Cl3NS/c22-17-11-19(24)20(12-18(17)23)26-25-21-15-7-3-1-5-13(15)9-10-14-6-2-4-8-16(14)21/h1-12H. The molecule has 128 valence electrons. The average molecular weight is 417 g/mol. The highest BCUT2D eigenvalue weighted by atomic mass is 35.5. The zero-order chi connectivity index (χ0) is 18.1. The minimum absolute atomic E-state index is 0.433. The predicted octanol–water partition coefficient (Wildman–Crippen LogP) is 7.56. The number of nitrogens with zero attached hydrogens (tertiary/aromatic N) is 1. The van der Waals surface area contributed by atoms with Crippen LogP contribution < -0.4 is 5.36 Å². The summed E-state index contributed by atoms with van der Waals surface area (Å²) in [7, 11) is 0. The van der Waals surface area contributed by atoms with Gasteiger partial charge in [-0.25, -0.2) is 4.40 Å². The maximum absolute atomic E-state index is 6.31. The Morgan fingerprint density at radius 2 is 1.15 bits per heavy atom. The molecule has 0 aliphatic carbocycles. The Morgan fingerprint density at radius 1 is 0.615 bits per heavy atom. The third-order valence-electron chi connectivity index (χ3n) is 4.08. The molecular formula is C21H12Cl3NS. The van der Waals surface area contributed by atoms with E-state index in [4.69, 9.17) is 39.2 Å². The molecule has 0 aliphatic rings. The van der Waals surface area contributed by atoms with E-state index in [0.717, 1.165) is 31.8 Å². The molecule has 4 aromatic carbocycles. The fourth-order valence-corrected chi connectivity index (χ4v) is 4.23. The van der Waals surface area contributed by atoms with Crippen LogP contribution in [0, 0.1) is 0 Å². The number of hydrogen-bond donors (Lipinski definition) is 0. The topological polar surface area (TPSA) is 12.4 Å². The predicted molar refractivity (Wildman–Crippen MR) is 114 cm³/mol. The molecule has 0 saturated heterocycles. The minimum Gasteiger partial charge on any atom is -0.210 e. The van der Waals surface area contributed by atoms with E-state index in [-0.39, 0.29) is 0 Å². The molecule has 1 nitrogen and oxygen atoms in total. The van der Waals surface area contributed by atoms with Crippen molar-refractivity contribution >= 4 is 68.3 Å². The van der Waals surface area contributed by atoms with Crippen LogP contribution in [-0.4, -0.2) is 0 Å². The van der Waals surface area contributed by atoms with Crippen molar-refractivity contribution in [1.29, 1.82) is 0 Å². The largest absolute Gasteiger partial charge is 0.210 e. The zero-order valence-corrected chi connectivity index (χ0v) is 16.5. The van der Waals surface area contributed by atoms with Gasteiger partial charge in [0.05, 0.1) is 25.3 Å². The van der Waals surface area contributed by atoms with E-state index in [9.17, 15) is 0 Å². The first-order valence-electron chi connectivity index (χ1n) is 7.90. The SMILES string of the molecule is Clc1cc(Cl)c(SN=c2c3ccccc3ccc3ccccc23)cc1Cl. The Kier molecular flexibility index (Phi) is 5.10. The fourth-order valence-electron chi connectivity index (χ4n) is 2.81. The number of halogens is 3. The number of rotatable bonds is 2. The van der Waals surface area contributed by atoms with Crippen LogP contribution >= 0.6 is 46.8 Å². The van der Waals surface area contributed by atoms with Gasteiger partial charge in [0.2, 0.25) is 0 Å². The molecular weight excluding hydrogens is 405 g/mol. The quantitative estimate of drug-likeness (QED) is 0.242. The molecule has 0 fully saturated rings. The van der Waals surface area contributed by atoms with Crippen molar-refractivity contribution in [3.05, 3.63) is 93.2 Å². The van der Waals surface area contributed by atoms with E-state index >= 15 is 0 Å². The van der Waals surface area contributed by atoms with Gasteiger partial charge in [-0.15, -0.1) is 0 Å². The van der Waals surface area contributed by atoms with Gasteiger partial charge in [0, 0.05) is 22.7 Å². The van der Waals surface area contributed by atoms with Crippen LogP contribution in [-0.2, 0) is 0 Å². The van der Waals surface area contributed by atoms with Gasteiger partial charge in [-0.1, -0.05) is 95.5 Å². The second-order valence-corrected chi connectivity index (χ2v) is 7.76. The number of hydrogen-bond acceptors (Lipinski definition) is 2. The first-order valence-corrected chi connectivity index (χ1v) is 9.80. The van der Waals surface area contributed by atoms with Gasteiger partial charge in [-0.2, -0.15) is 0 Å². The molecule has 0 heterocycles. The van der Waals surface area contributed by atoms with Gasteiger partial charge < -0.3 is 0 Å². The van der Waals surface area contributed by atoms with E-state index in [0.29, 0.717) is 15.1 Å². The van der Waals surface area contributed by atoms with Gasteiger partial charge >= 0.3 is 0 Å². The van der Waals surface area contributed by atoms with E-state index in [1.54, 1.807) is 12.1 Å². The Bertz CT molecular complexity index is 1140. The maximum atomic E-state index is 6.31. The summed E-state index contributed by atoms with van der Waals surface area (Å²) >= 11 is 19.8. The summed E-state index contributed by atoms with van der Waals surface area (Å²) in [6.45, 7) is 0. The lowest BCUT2D eigenvalue weighted by molar-refractivity contribution is 1.44. The minimum atomic E-state index is 0.433. The molecule has 0 aromatic heterocycles. The summed E-state index contributed by atoms with van der Waals surface area (Å²) in [6.07, 6.45) is 0. The Labute approximate surface area is 170 Å². The van der Waals surface area contributed by atoms with Crippen molar-refractivity contribution in [2.24, 2.45) is 4.40 Å². The molecule has 5 heteroatoms. The van der Waals surface area contributed by atoms with Crippen LogP contribution in [0.5, 0.6) is 0 Å². The fraction of sp³-hybridized carbons (Fsp3) is 0. The third kappa shape index (κ3) is 3.43. The first-order chi connectivity index (χ1) is 12.6. The number of benzene rings is 3. The van der Waals surface area contributed by atoms with Crippen LogP contribution in [0.4, 0.5) is 0 Å². The summed E-state index contributed by atoms with van der Waals surface area (Å²) in [5.41, 5.74) is 0. The van der Waals surface area contributed by atoms with Crippen LogP contribution in [0.3, 0.4) is 0 Å². The van der Waals surface area contributed by atoms with Gasteiger partial charge in [0.15, 0.2) is 0 Å². The average Bonchev–Trinajstić information content (AvgIpc) is 2.81. The summed E-state index contributed by atoms with van der Waals surface area (Å²) in [5, 5.41) is 6.75. The van der Waals surface area contributed by atoms with Crippen LogP contribution in [0.1, 0.15) is 0 Å². The lowest BCUT2D eigenvalue weighted by Gasteiger charge is -2.03. The molecule has 0 radical (unpaired) electrons. The monoisotopic (exact) mass is 415 g/mol. The van der Waals surface area contributed by atoms with Gasteiger partial charge in [0.25, 0.3) is 0 Å². The van der Waals surface area contributed by atoms with Crippen LogP contribution in [0.2, 0.25) is 15.1 Å². The summed E-state index contributed by atoms with van der Waals surface area (Å²) < 4.78 is 4.83. The van der Waals surface area contributed by atoms with Gasteiger partial charge in [-0.3, -0.25) is 0 Å². The smallest absolute Gasteiger partial charge is 0.0873 e. The zero-order valence-electron chi connectivity index (χ0n) is 13.4. The van der Waals surface area contributed by atoms with Gasteiger partial charge in [-0.05, 0) is 22.9 Å². The molecule has 0 spiro atoms. The van der Waals surface area contributed by atoms with Gasteiger partial charge in [0.1, 0.15) is 0 Å². The summed E-state index contributed by atoms with van der Waals surface area (Å²) in [6, 6.07) is 24.1. The second kappa shape index (κ2) is 7.50.